The molecule has 5 N–H and O–H groups in total. The molecule has 6 heteroatoms. The molecule has 0 fully saturated rings. The van der Waals surface area contributed by atoms with E-state index in [0.29, 0.717) is 10.7 Å². The summed E-state index contributed by atoms with van der Waals surface area (Å²) in [5, 5.41) is 12.0. The van der Waals surface area contributed by atoms with E-state index in [1.165, 1.54) is 0 Å². The average Bonchev–Trinajstić information content (AvgIpc) is 2.24. The number of benzene rings is 1. The van der Waals surface area contributed by atoms with Gasteiger partial charge in [0, 0.05) is 10.7 Å². The molecule has 5 nitrogen and oxygen atoms in total. The van der Waals surface area contributed by atoms with Crippen molar-refractivity contribution in [3.05, 3.63) is 40.2 Å². The smallest absolute Gasteiger partial charge is 0.263 e. The molecule has 0 aliphatic carbocycles. The van der Waals surface area contributed by atoms with Crippen LogP contribution in [-0.4, -0.2) is 5.91 Å². The number of anilines is 1. The van der Waals surface area contributed by atoms with E-state index in [1.807, 2.05) is 6.92 Å². The maximum atomic E-state index is 10.9. The Balaban J connectivity index is 3.03. The summed E-state index contributed by atoms with van der Waals surface area (Å²) < 4.78 is 0. The highest BCUT2D eigenvalue weighted by Gasteiger charge is 2.09. The molecule has 1 aromatic rings. The van der Waals surface area contributed by atoms with Crippen LogP contribution in [0.1, 0.15) is 5.56 Å². The van der Waals surface area contributed by atoms with Crippen molar-refractivity contribution in [2.24, 2.45) is 11.5 Å². The van der Waals surface area contributed by atoms with E-state index in [0.717, 1.165) is 5.56 Å². The Labute approximate surface area is 104 Å². The van der Waals surface area contributed by atoms with Crippen molar-refractivity contribution >= 4 is 23.2 Å². The van der Waals surface area contributed by atoms with Gasteiger partial charge in [0.25, 0.3) is 5.91 Å². The number of primary amides is 1. The first-order valence-corrected chi connectivity index (χ1v) is 5.06. The van der Waals surface area contributed by atoms with Gasteiger partial charge in [-0.3, -0.25) is 4.79 Å². The summed E-state index contributed by atoms with van der Waals surface area (Å²) in [6, 6.07) is 6.74. The molecule has 0 aliphatic heterocycles. The monoisotopic (exact) mass is 250 g/mol. The van der Waals surface area contributed by atoms with Crippen molar-refractivity contribution in [1.82, 2.24) is 0 Å². The molecule has 17 heavy (non-hydrogen) atoms. The van der Waals surface area contributed by atoms with Gasteiger partial charge in [0.05, 0.1) is 0 Å². The van der Waals surface area contributed by atoms with E-state index in [-0.39, 0.29) is 11.4 Å². The molecule has 1 amide bonds. The Kier molecular flexibility index (Phi) is 3.96. The van der Waals surface area contributed by atoms with E-state index >= 15 is 0 Å². The van der Waals surface area contributed by atoms with Crippen molar-refractivity contribution < 1.29 is 4.79 Å². The third-order valence-electron chi connectivity index (χ3n) is 2.06. The fraction of sp³-hybridized carbons (Fsp3) is 0.0909. The van der Waals surface area contributed by atoms with Crippen LogP contribution in [0, 0.1) is 18.3 Å². The number of carbonyl (C=O) groups excluding carboxylic acids is 1. The fourth-order valence-electron chi connectivity index (χ4n) is 1.19. The number of nitrogens with one attached hydrogen (secondary N) is 1. The Morgan fingerprint density at radius 2 is 2.12 bits per heavy atom. The third-order valence-corrected chi connectivity index (χ3v) is 2.49. The topological polar surface area (TPSA) is 105 Å². The van der Waals surface area contributed by atoms with Gasteiger partial charge in [0.15, 0.2) is 5.57 Å². The predicted molar refractivity (Wildman–Crippen MR) is 65.8 cm³/mol. The zero-order valence-corrected chi connectivity index (χ0v) is 9.88. The van der Waals surface area contributed by atoms with Crippen LogP contribution in [0.3, 0.4) is 0 Å². The first kappa shape index (κ1) is 12.9. The number of aryl methyl sites for hydroxylation is 1. The minimum absolute atomic E-state index is 0.0817. The SMILES string of the molecule is Cc1cc(NC(N)=C(C#N)C(N)=O)ccc1Cl. The minimum Gasteiger partial charge on any atom is -0.384 e. The zero-order chi connectivity index (χ0) is 13.0. The summed E-state index contributed by atoms with van der Waals surface area (Å²) in [6.45, 7) is 1.83. The van der Waals surface area contributed by atoms with Crippen molar-refractivity contribution in [2.45, 2.75) is 6.92 Å². The molecule has 0 aliphatic rings. The van der Waals surface area contributed by atoms with Gasteiger partial charge in [0.1, 0.15) is 11.9 Å². The number of halogens is 1. The van der Waals surface area contributed by atoms with Crippen LogP contribution >= 0.6 is 11.6 Å². The largest absolute Gasteiger partial charge is 0.384 e. The van der Waals surface area contributed by atoms with Crippen LogP contribution in [0.25, 0.3) is 0 Å². The van der Waals surface area contributed by atoms with Crippen molar-refractivity contribution in [3.63, 3.8) is 0 Å². The van der Waals surface area contributed by atoms with Crippen molar-refractivity contribution in [3.8, 4) is 6.07 Å². The number of carbonyl (C=O) groups is 1. The molecular formula is C11H11ClN4O. The van der Waals surface area contributed by atoms with Gasteiger partial charge < -0.3 is 16.8 Å². The second-order valence-corrected chi connectivity index (χ2v) is 3.76. The minimum atomic E-state index is -0.872. The lowest BCUT2D eigenvalue weighted by atomic mass is 10.2. The molecule has 0 heterocycles. The fourth-order valence-corrected chi connectivity index (χ4v) is 1.31. The highest BCUT2D eigenvalue weighted by atomic mass is 35.5. The van der Waals surface area contributed by atoms with E-state index in [9.17, 15) is 4.79 Å². The molecule has 0 spiro atoms. The van der Waals surface area contributed by atoms with Gasteiger partial charge in [-0.25, -0.2) is 0 Å². The number of nitriles is 1. The molecule has 0 aromatic heterocycles. The summed E-state index contributed by atoms with van der Waals surface area (Å²) in [4.78, 5) is 10.9. The second kappa shape index (κ2) is 5.23. The van der Waals surface area contributed by atoms with Crippen LogP contribution in [0.5, 0.6) is 0 Å². The van der Waals surface area contributed by atoms with Crippen molar-refractivity contribution in [1.29, 1.82) is 5.26 Å². The van der Waals surface area contributed by atoms with Crippen LogP contribution in [-0.2, 0) is 4.79 Å². The lowest BCUT2D eigenvalue weighted by Gasteiger charge is -2.08. The normalized spacial score (nSPS) is 11.4. The van der Waals surface area contributed by atoms with E-state index in [1.54, 1.807) is 24.3 Å². The molecule has 0 radical (unpaired) electrons. The van der Waals surface area contributed by atoms with Crippen molar-refractivity contribution in [2.75, 3.05) is 5.32 Å². The summed E-state index contributed by atoms with van der Waals surface area (Å²) in [6.07, 6.45) is 0. The number of hydrogen-bond acceptors (Lipinski definition) is 4. The van der Waals surface area contributed by atoms with Gasteiger partial charge in [0.2, 0.25) is 0 Å². The number of hydrogen-bond donors (Lipinski definition) is 3. The molecule has 0 saturated carbocycles. The predicted octanol–water partition coefficient (Wildman–Crippen LogP) is 1.24. The maximum absolute atomic E-state index is 10.9. The van der Waals surface area contributed by atoms with Gasteiger partial charge in [-0.05, 0) is 30.7 Å². The van der Waals surface area contributed by atoms with Crippen LogP contribution in [0.2, 0.25) is 5.02 Å². The standard InChI is InChI=1S/C11H11ClN4O/c1-6-4-7(2-3-9(6)12)16-10(14)8(5-13)11(15)17/h2-4,16H,14H2,1H3,(H2,15,17). The molecule has 88 valence electrons. The highest BCUT2D eigenvalue weighted by molar-refractivity contribution is 6.31. The molecule has 0 bridgehead atoms. The Morgan fingerprint density at radius 1 is 1.47 bits per heavy atom. The number of nitrogens with two attached hydrogens (primary N) is 2. The summed E-state index contributed by atoms with van der Waals surface area (Å²) in [7, 11) is 0. The van der Waals surface area contributed by atoms with Crippen LogP contribution in [0.4, 0.5) is 5.69 Å². The Hall–Kier alpha value is -2.19. The molecule has 1 aromatic carbocycles. The maximum Gasteiger partial charge on any atom is 0.263 e. The number of amides is 1. The molecular weight excluding hydrogens is 240 g/mol. The third kappa shape index (κ3) is 3.13. The first-order chi connectivity index (χ1) is 7.95. The summed E-state index contributed by atoms with van der Waals surface area (Å²) in [5.74, 6) is -0.954. The zero-order valence-electron chi connectivity index (χ0n) is 9.12. The van der Waals surface area contributed by atoms with Crippen LogP contribution in [0.15, 0.2) is 29.6 Å². The quantitative estimate of drug-likeness (QED) is 0.554. The van der Waals surface area contributed by atoms with Gasteiger partial charge in [-0.15, -0.1) is 0 Å². The van der Waals surface area contributed by atoms with Gasteiger partial charge >= 0.3 is 0 Å². The van der Waals surface area contributed by atoms with E-state index in [2.05, 4.69) is 5.32 Å². The summed E-state index contributed by atoms with van der Waals surface area (Å²) in [5.41, 5.74) is 11.7. The number of rotatable bonds is 3. The number of nitrogens with zero attached hydrogens (tertiary/aromatic N) is 1. The summed E-state index contributed by atoms with van der Waals surface area (Å²) >= 11 is 5.86. The Bertz CT molecular complexity index is 531. The van der Waals surface area contributed by atoms with Crippen LogP contribution < -0.4 is 16.8 Å². The highest BCUT2D eigenvalue weighted by Crippen LogP contribution is 2.20. The molecule has 1 rings (SSSR count). The Morgan fingerprint density at radius 3 is 2.59 bits per heavy atom. The van der Waals surface area contributed by atoms with E-state index in [4.69, 9.17) is 28.3 Å². The first-order valence-electron chi connectivity index (χ1n) is 4.68. The molecule has 0 unspecified atom stereocenters. The van der Waals surface area contributed by atoms with Gasteiger partial charge in [-0.2, -0.15) is 5.26 Å². The second-order valence-electron chi connectivity index (χ2n) is 3.35. The lowest BCUT2D eigenvalue weighted by molar-refractivity contribution is -0.114. The average molecular weight is 251 g/mol. The lowest BCUT2D eigenvalue weighted by Crippen LogP contribution is -2.21. The molecule has 0 atom stereocenters. The molecule has 0 saturated heterocycles. The van der Waals surface area contributed by atoms with Gasteiger partial charge in [-0.1, -0.05) is 11.6 Å². The van der Waals surface area contributed by atoms with E-state index < -0.39 is 5.91 Å².